The first-order valence-electron chi connectivity index (χ1n) is 30.4. The van der Waals surface area contributed by atoms with E-state index < -0.39 is 52.4 Å². The number of carbonyl (C=O) groups is 3. The molecule has 22 heteroatoms. The normalized spacial score (nSPS) is 20.8. The number of aromatic nitrogens is 6. The van der Waals surface area contributed by atoms with Crippen LogP contribution in [0.5, 0.6) is 0 Å². The zero-order valence-corrected chi connectivity index (χ0v) is 52.0. The SMILES string of the molecule is CC1(C)OB(C2=CCCC2)OC1(C)C.O=C(Cc1cc(F)c(F)c(F)c1)C1CCn2ncc(C3=CCCC3)c2C1.O=C(Cc1cc(F)c(F)c(F)c1)C1CCn2ncc(C3CCCC3)c2C1.O=C(Cc1cc(F)c(F)c(F)c1)C1CCn2ncc(I)c2C1. The first-order chi connectivity index (χ1) is 41.9. The van der Waals surface area contributed by atoms with E-state index in [-0.39, 0.29) is 89.4 Å². The van der Waals surface area contributed by atoms with Crippen molar-refractivity contribution in [2.45, 2.75) is 186 Å². The Bertz CT molecular complexity index is 3580. The summed E-state index contributed by atoms with van der Waals surface area (Å²) in [6.45, 7) is 10.4. The highest BCUT2D eigenvalue weighted by atomic mass is 127. The Hall–Kier alpha value is -6.14. The molecule has 11 nitrogen and oxygen atoms in total. The van der Waals surface area contributed by atoms with E-state index in [0.29, 0.717) is 64.1 Å². The van der Waals surface area contributed by atoms with E-state index in [1.54, 1.807) is 6.20 Å². The Kier molecular flexibility index (Phi) is 20.3. The summed E-state index contributed by atoms with van der Waals surface area (Å²) in [4.78, 5) is 37.7. The van der Waals surface area contributed by atoms with Crippen molar-refractivity contribution < 1.29 is 63.2 Å². The summed E-state index contributed by atoms with van der Waals surface area (Å²) in [6, 6.07) is 5.39. The van der Waals surface area contributed by atoms with Gasteiger partial charge in [-0.15, -0.1) is 0 Å². The number of allylic oxidation sites excluding steroid dienone is 4. The van der Waals surface area contributed by atoms with Crippen molar-refractivity contribution in [3.05, 3.63) is 173 Å². The average Bonchev–Trinajstić information content (AvgIpc) is 1.89. The van der Waals surface area contributed by atoms with Gasteiger partial charge in [0.05, 0.1) is 39.1 Å². The van der Waals surface area contributed by atoms with Gasteiger partial charge in [-0.1, -0.05) is 25.0 Å². The topological polar surface area (TPSA) is 123 Å². The summed E-state index contributed by atoms with van der Waals surface area (Å²) in [7, 11) is -0.0949. The van der Waals surface area contributed by atoms with Crippen LogP contribution in [0.3, 0.4) is 0 Å². The third kappa shape index (κ3) is 14.7. The first kappa shape index (κ1) is 64.8. The maximum absolute atomic E-state index is 13.4. The summed E-state index contributed by atoms with van der Waals surface area (Å²) < 4.78 is 138. The molecule has 4 aliphatic heterocycles. The number of aryl methyl sites for hydroxylation is 3. The smallest absolute Gasteiger partial charge is 0.400 e. The lowest BCUT2D eigenvalue weighted by atomic mass is 9.78. The van der Waals surface area contributed by atoms with Gasteiger partial charge in [0, 0.05) is 80.0 Å². The van der Waals surface area contributed by atoms with Crippen molar-refractivity contribution in [1.82, 2.24) is 29.3 Å². The Labute approximate surface area is 520 Å². The number of hydrogen-bond donors (Lipinski definition) is 0. The molecule has 88 heavy (non-hydrogen) atoms. The minimum absolute atomic E-state index is 0.0553. The van der Waals surface area contributed by atoms with Crippen LogP contribution in [-0.2, 0) is 81.9 Å². The Morgan fingerprint density at radius 3 is 1.36 bits per heavy atom. The molecule has 0 amide bonds. The molecule has 3 aromatic carbocycles. The van der Waals surface area contributed by atoms with Crippen LogP contribution in [0.4, 0.5) is 39.5 Å². The summed E-state index contributed by atoms with van der Waals surface area (Å²) in [5.41, 5.74) is 8.37. The minimum atomic E-state index is -1.51. The van der Waals surface area contributed by atoms with Crippen LogP contribution in [0.2, 0.25) is 0 Å². The summed E-state index contributed by atoms with van der Waals surface area (Å²) in [5, 5.41) is 13.1. The number of fused-ring (bicyclic) bond motifs is 3. The molecule has 1 saturated heterocycles. The lowest BCUT2D eigenvalue weighted by Crippen LogP contribution is -2.41. The molecule has 2 fully saturated rings. The molecule has 3 atom stereocenters. The van der Waals surface area contributed by atoms with Crippen molar-refractivity contribution >= 4 is 52.6 Å². The van der Waals surface area contributed by atoms with Gasteiger partial charge in [-0.2, -0.15) is 15.3 Å². The molecule has 6 aromatic rings. The lowest BCUT2D eigenvalue weighted by molar-refractivity contribution is -0.123. The molecule has 3 unspecified atom stereocenters. The van der Waals surface area contributed by atoms with Crippen LogP contribution >= 0.6 is 22.6 Å². The van der Waals surface area contributed by atoms with E-state index in [9.17, 15) is 53.9 Å². The largest absolute Gasteiger partial charge is 0.490 e. The van der Waals surface area contributed by atoms with Crippen LogP contribution < -0.4 is 0 Å². The van der Waals surface area contributed by atoms with Crippen molar-refractivity contribution in [3.8, 4) is 0 Å². The number of nitrogens with zero attached hydrogens (tertiary/aromatic N) is 6. The molecule has 7 heterocycles. The molecule has 3 aromatic heterocycles. The van der Waals surface area contributed by atoms with Gasteiger partial charge in [0.1, 0.15) is 17.3 Å². The third-order valence-electron chi connectivity index (χ3n) is 18.7. The molecule has 468 valence electrons. The molecule has 0 spiro atoms. The monoisotopic (exact) mass is 1340 g/mol. The molecule has 13 rings (SSSR count). The predicted molar refractivity (Wildman–Crippen MR) is 321 cm³/mol. The zero-order chi connectivity index (χ0) is 62.8. The second-order valence-electron chi connectivity index (χ2n) is 25.1. The molecule has 3 aliphatic carbocycles. The van der Waals surface area contributed by atoms with Crippen molar-refractivity contribution in [2.24, 2.45) is 17.8 Å². The van der Waals surface area contributed by atoms with Crippen molar-refractivity contribution in [3.63, 3.8) is 0 Å². The van der Waals surface area contributed by atoms with Crippen LogP contribution in [0.25, 0.3) is 5.57 Å². The number of hydrogen-bond acceptors (Lipinski definition) is 8. The van der Waals surface area contributed by atoms with E-state index in [1.807, 2.05) is 26.4 Å². The number of carbonyl (C=O) groups excluding carboxylic acids is 3. The van der Waals surface area contributed by atoms with Crippen LogP contribution in [0.1, 0.15) is 162 Å². The number of Topliss-reactive ketones (excluding diaryl/α,β-unsaturated/α-hetero) is 3. The van der Waals surface area contributed by atoms with Gasteiger partial charge in [0.25, 0.3) is 0 Å². The molecular weight excluding hydrogens is 1270 g/mol. The van der Waals surface area contributed by atoms with Gasteiger partial charge in [0.15, 0.2) is 52.4 Å². The highest BCUT2D eigenvalue weighted by molar-refractivity contribution is 14.1. The number of ketones is 3. The van der Waals surface area contributed by atoms with E-state index in [2.05, 4.69) is 77.7 Å². The maximum atomic E-state index is 13.4. The number of halogens is 10. The molecule has 0 radical (unpaired) electrons. The molecule has 0 bridgehead atoms. The fourth-order valence-electron chi connectivity index (χ4n) is 12.9. The van der Waals surface area contributed by atoms with Gasteiger partial charge in [-0.05, 0) is 209 Å². The van der Waals surface area contributed by atoms with Gasteiger partial charge in [-0.25, -0.2) is 39.5 Å². The maximum Gasteiger partial charge on any atom is 0.490 e. The highest BCUT2D eigenvalue weighted by Gasteiger charge is 2.52. The van der Waals surface area contributed by atoms with Crippen molar-refractivity contribution in [2.75, 3.05) is 0 Å². The summed E-state index contributed by atoms with van der Waals surface area (Å²) in [6.07, 6.45) is 25.2. The quantitative estimate of drug-likeness (QED) is 0.0514. The van der Waals surface area contributed by atoms with Crippen molar-refractivity contribution in [1.29, 1.82) is 0 Å². The van der Waals surface area contributed by atoms with Gasteiger partial charge in [-0.3, -0.25) is 28.4 Å². The second-order valence-corrected chi connectivity index (χ2v) is 26.3. The fourth-order valence-corrected chi connectivity index (χ4v) is 13.6. The van der Waals surface area contributed by atoms with E-state index in [1.165, 1.54) is 55.1 Å². The van der Waals surface area contributed by atoms with E-state index in [0.717, 1.165) is 88.3 Å². The standard InChI is InChI=1S/C20H21F3N2O.C20H19F3N2O.C15H12F3IN2O.C11H19BO2/c2*21-16-7-12(8-17(22)20(16)23)9-19(26)14-5-6-25-18(10-14)15(11-24-25)13-3-1-2-4-13;16-10-3-8(4-11(17)15(10)18)5-14(22)9-1-2-21-13(6-9)12(19)7-20-21;1-10(2)11(3,4)14-12(13-10)9-7-5-6-8-9/h7-8,11,13-14H,1-6,9-10H2;3,7-8,11,14H,1-2,4-6,9-10H2;3-4,7,9H,1-2,5-6H2;7H,5-6,8H2,1-4H3. The molecule has 0 N–H and O–H groups in total. The lowest BCUT2D eigenvalue weighted by Gasteiger charge is -2.32. The van der Waals surface area contributed by atoms with Gasteiger partial charge < -0.3 is 9.31 Å². The summed E-state index contributed by atoms with van der Waals surface area (Å²) in [5.74, 6) is -12.3. The van der Waals surface area contributed by atoms with E-state index >= 15 is 0 Å². The van der Waals surface area contributed by atoms with E-state index in [4.69, 9.17) is 9.31 Å². The fraction of sp³-hybridized carbons (Fsp3) is 0.485. The van der Waals surface area contributed by atoms with Gasteiger partial charge >= 0.3 is 7.12 Å². The van der Waals surface area contributed by atoms with Gasteiger partial charge in [0.2, 0.25) is 0 Å². The zero-order valence-electron chi connectivity index (χ0n) is 49.8. The molecule has 1 saturated carbocycles. The average molecular weight is 1340 g/mol. The highest BCUT2D eigenvalue weighted by Crippen LogP contribution is 2.42. The van der Waals surface area contributed by atoms with Crippen LogP contribution in [0.15, 0.2) is 72.6 Å². The first-order valence-corrected chi connectivity index (χ1v) is 31.5. The Morgan fingerprint density at radius 1 is 0.523 bits per heavy atom. The number of rotatable bonds is 12. The Morgan fingerprint density at radius 2 is 0.920 bits per heavy atom. The predicted octanol–water partition coefficient (Wildman–Crippen LogP) is 14.6. The minimum Gasteiger partial charge on any atom is -0.400 e. The molecular formula is C66H71BF9IN6O5. The number of benzene rings is 3. The Balaban J connectivity index is 0.000000132. The second kappa shape index (κ2) is 27.5. The van der Waals surface area contributed by atoms with Crippen LogP contribution in [0, 0.1) is 73.7 Å². The molecule has 7 aliphatic rings. The summed E-state index contributed by atoms with van der Waals surface area (Å²) >= 11 is 2.17. The van der Waals surface area contributed by atoms with Crippen LogP contribution in [-0.4, -0.2) is 65.0 Å². The third-order valence-corrected chi connectivity index (χ3v) is 19.6.